The Balaban J connectivity index is 1.57. The minimum Gasteiger partial charge on any atom is -0.387 e. The van der Waals surface area contributed by atoms with Crippen molar-refractivity contribution in [3.63, 3.8) is 0 Å². The van der Waals surface area contributed by atoms with Gasteiger partial charge in [0.25, 0.3) is 11.8 Å². The van der Waals surface area contributed by atoms with Crippen molar-refractivity contribution in [2.75, 3.05) is 32.7 Å². The molecule has 2 fully saturated rings. The van der Waals surface area contributed by atoms with E-state index < -0.39 is 11.5 Å². The van der Waals surface area contributed by atoms with Crippen molar-refractivity contribution in [3.05, 3.63) is 30.1 Å². The van der Waals surface area contributed by atoms with E-state index in [1.165, 1.54) is 0 Å². The molecule has 2 aliphatic heterocycles. The second-order valence-electron chi connectivity index (χ2n) is 6.57. The summed E-state index contributed by atoms with van der Waals surface area (Å²) < 4.78 is 26.4. The van der Waals surface area contributed by atoms with Crippen LogP contribution in [-0.4, -0.2) is 70.0 Å². The summed E-state index contributed by atoms with van der Waals surface area (Å²) in [5.74, 6) is -2.72. The second kappa shape index (κ2) is 6.13. The molecule has 0 radical (unpaired) electrons. The van der Waals surface area contributed by atoms with E-state index in [1.807, 2.05) is 4.90 Å². The predicted octanol–water partition coefficient (Wildman–Crippen LogP) is 1.39. The van der Waals surface area contributed by atoms with Crippen LogP contribution in [0.15, 0.2) is 24.5 Å². The van der Waals surface area contributed by atoms with Crippen LogP contribution in [0.1, 0.15) is 29.6 Å². The number of halogens is 2. The first kappa shape index (κ1) is 16.3. The molecule has 1 aromatic heterocycles. The van der Waals surface area contributed by atoms with Gasteiger partial charge in [0.15, 0.2) is 0 Å². The monoisotopic (exact) mass is 325 g/mol. The Kier molecular flexibility index (Phi) is 4.33. The fourth-order valence-electron chi connectivity index (χ4n) is 3.29. The quantitative estimate of drug-likeness (QED) is 0.912. The molecule has 1 aromatic rings. The number of amides is 1. The van der Waals surface area contributed by atoms with Crippen molar-refractivity contribution >= 4 is 5.91 Å². The van der Waals surface area contributed by atoms with Crippen LogP contribution < -0.4 is 0 Å². The molecule has 1 atom stereocenters. The lowest BCUT2D eigenvalue weighted by Crippen LogP contribution is -2.49. The van der Waals surface area contributed by atoms with Gasteiger partial charge < -0.3 is 10.0 Å². The normalized spacial score (nSPS) is 28.0. The van der Waals surface area contributed by atoms with E-state index in [0.717, 1.165) is 0 Å². The van der Waals surface area contributed by atoms with Gasteiger partial charge in [-0.3, -0.25) is 14.7 Å². The highest BCUT2D eigenvalue weighted by Crippen LogP contribution is 2.30. The molecule has 3 rings (SSSR count). The van der Waals surface area contributed by atoms with E-state index in [9.17, 15) is 18.7 Å². The number of hydrogen-bond donors (Lipinski definition) is 1. The number of carbonyl (C=O) groups is 1. The van der Waals surface area contributed by atoms with Crippen LogP contribution in [0.5, 0.6) is 0 Å². The van der Waals surface area contributed by atoms with Gasteiger partial charge in [-0.05, 0) is 18.6 Å². The van der Waals surface area contributed by atoms with Crippen molar-refractivity contribution in [3.8, 4) is 0 Å². The van der Waals surface area contributed by atoms with Crippen molar-refractivity contribution in [2.45, 2.75) is 30.8 Å². The Morgan fingerprint density at radius 3 is 2.48 bits per heavy atom. The highest BCUT2D eigenvalue weighted by molar-refractivity contribution is 5.94. The topological polar surface area (TPSA) is 56.7 Å². The van der Waals surface area contributed by atoms with E-state index in [0.29, 0.717) is 25.1 Å². The van der Waals surface area contributed by atoms with E-state index in [-0.39, 0.29) is 38.4 Å². The second-order valence-corrected chi connectivity index (χ2v) is 6.57. The molecule has 2 aliphatic rings. The van der Waals surface area contributed by atoms with Gasteiger partial charge in [-0.25, -0.2) is 8.78 Å². The lowest BCUT2D eigenvalue weighted by atomic mass is 10.00. The third kappa shape index (κ3) is 3.84. The zero-order valence-corrected chi connectivity index (χ0v) is 12.9. The summed E-state index contributed by atoms with van der Waals surface area (Å²) in [6.07, 6.45) is 3.26. The number of aliphatic hydroxyl groups is 1. The van der Waals surface area contributed by atoms with Gasteiger partial charge in [0.05, 0.1) is 12.1 Å². The summed E-state index contributed by atoms with van der Waals surface area (Å²) in [6.45, 7) is 1.62. The Morgan fingerprint density at radius 1 is 1.17 bits per heavy atom. The summed E-state index contributed by atoms with van der Waals surface area (Å²) in [5.41, 5.74) is -0.475. The smallest absolute Gasteiger partial charge is 0.254 e. The molecule has 7 heteroatoms. The first-order chi connectivity index (χ1) is 10.9. The number of piperidine rings is 1. The molecule has 126 valence electrons. The number of aromatic nitrogens is 1. The number of nitrogens with zero attached hydrogens (tertiary/aromatic N) is 3. The molecule has 0 unspecified atom stereocenters. The largest absolute Gasteiger partial charge is 0.387 e. The maximum absolute atomic E-state index is 13.2. The van der Waals surface area contributed by atoms with Crippen LogP contribution in [0.25, 0.3) is 0 Å². The molecular weight excluding hydrogens is 304 g/mol. The third-order valence-electron chi connectivity index (χ3n) is 4.65. The van der Waals surface area contributed by atoms with Crippen molar-refractivity contribution in [1.29, 1.82) is 0 Å². The van der Waals surface area contributed by atoms with Gasteiger partial charge in [0.1, 0.15) is 0 Å². The fourth-order valence-corrected chi connectivity index (χ4v) is 3.29. The van der Waals surface area contributed by atoms with Gasteiger partial charge in [-0.2, -0.15) is 0 Å². The summed E-state index contributed by atoms with van der Waals surface area (Å²) in [4.78, 5) is 19.8. The van der Waals surface area contributed by atoms with Crippen molar-refractivity contribution in [1.82, 2.24) is 14.8 Å². The molecule has 5 nitrogen and oxygen atoms in total. The number of carbonyl (C=O) groups excluding carboxylic acids is 1. The maximum atomic E-state index is 13.2. The standard InChI is InChI=1S/C16H21F2N3O2/c17-16(18)4-8-20(9-5-16)11-15(23)3-10-21(12-15)14(22)13-1-6-19-7-2-13/h1-2,6-7,23H,3-5,8-12H2/t15-/m0/s1. The lowest BCUT2D eigenvalue weighted by Gasteiger charge is -2.36. The zero-order valence-electron chi connectivity index (χ0n) is 12.9. The van der Waals surface area contributed by atoms with Gasteiger partial charge in [-0.15, -0.1) is 0 Å². The Hall–Kier alpha value is -1.60. The molecule has 0 bridgehead atoms. The average Bonchev–Trinajstić information content (AvgIpc) is 2.92. The van der Waals surface area contributed by atoms with Gasteiger partial charge in [0, 0.05) is 57.0 Å². The highest BCUT2D eigenvalue weighted by atomic mass is 19.3. The summed E-state index contributed by atoms with van der Waals surface area (Å²) in [5, 5.41) is 10.7. The average molecular weight is 325 g/mol. The molecule has 0 aromatic carbocycles. The Bertz CT molecular complexity index is 560. The van der Waals surface area contributed by atoms with E-state index in [4.69, 9.17) is 0 Å². The first-order valence-corrected chi connectivity index (χ1v) is 7.89. The molecule has 23 heavy (non-hydrogen) atoms. The lowest BCUT2D eigenvalue weighted by molar-refractivity contribution is -0.0720. The number of hydrogen-bond acceptors (Lipinski definition) is 4. The van der Waals surface area contributed by atoms with Crippen LogP contribution >= 0.6 is 0 Å². The molecular formula is C16H21F2N3O2. The highest BCUT2D eigenvalue weighted by Gasteiger charge is 2.42. The van der Waals surface area contributed by atoms with Crippen LogP contribution in [0, 0.1) is 0 Å². The summed E-state index contributed by atoms with van der Waals surface area (Å²) in [6, 6.07) is 3.29. The molecule has 2 saturated heterocycles. The molecule has 0 aliphatic carbocycles. The Morgan fingerprint density at radius 2 is 1.83 bits per heavy atom. The van der Waals surface area contributed by atoms with Crippen molar-refractivity contribution < 1.29 is 18.7 Å². The summed E-state index contributed by atoms with van der Waals surface area (Å²) in [7, 11) is 0. The number of pyridine rings is 1. The number of β-amino-alcohol motifs (C(OH)–C–C–N with tert-alkyl or cyclic N) is 1. The van der Waals surface area contributed by atoms with Crippen LogP contribution in [0.2, 0.25) is 0 Å². The van der Waals surface area contributed by atoms with Crippen molar-refractivity contribution in [2.24, 2.45) is 0 Å². The van der Waals surface area contributed by atoms with E-state index in [1.54, 1.807) is 29.4 Å². The molecule has 1 amide bonds. The minimum absolute atomic E-state index is 0.131. The SMILES string of the molecule is O=C(c1ccncc1)N1CC[C@](O)(CN2CCC(F)(F)CC2)C1. The van der Waals surface area contributed by atoms with Gasteiger partial charge in [-0.1, -0.05) is 0 Å². The van der Waals surface area contributed by atoms with Gasteiger partial charge in [0.2, 0.25) is 0 Å². The molecule has 0 saturated carbocycles. The van der Waals surface area contributed by atoms with E-state index >= 15 is 0 Å². The van der Waals surface area contributed by atoms with Gasteiger partial charge >= 0.3 is 0 Å². The Labute approximate surface area is 133 Å². The maximum Gasteiger partial charge on any atom is 0.254 e. The third-order valence-corrected chi connectivity index (χ3v) is 4.65. The molecule has 0 spiro atoms. The zero-order chi connectivity index (χ0) is 16.5. The van der Waals surface area contributed by atoms with Crippen LogP contribution in [-0.2, 0) is 0 Å². The number of rotatable bonds is 3. The van der Waals surface area contributed by atoms with E-state index in [2.05, 4.69) is 4.98 Å². The predicted molar refractivity (Wildman–Crippen MR) is 80.3 cm³/mol. The molecule has 1 N–H and O–H groups in total. The van der Waals surface area contributed by atoms with Crippen LogP contribution in [0.4, 0.5) is 8.78 Å². The number of likely N-dealkylation sites (tertiary alicyclic amines) is 2. The van der Waals surface area contributed by atoms with Crippen LogP contribution in [0.3, 0.4) is 0 Å². The fraction of sp³-hybridized carbons (Fsp3) is 0.625. The first-order valence-electron chi connectivity index (χ1n) is 7.89. The minimum atomic E-state index is -2.59. The molecule has 3 heterocycles. The number of alkyl halides is 2. The summed E-state index contributed by atoms with van der Waals surface area (Å²) >= 11 is 0.